The first kappa shape index (κ1) is 12.4. The van der Waals surface area contributed by atoms with E-state index < -0.39 is 0 Å². The van der Waals surface area contributed by atoms with Crippen molar-refractivity contribution in [3.8, 4) is 0 Å². The predicted molar refractivity (Wildman–Crippen MR) is 67.8 cm³/mol. The minimum atomic E-state index is -0.0618. The van der Waals surface area contributed by atoms with E-state index >= 15 is 0 Å². The summed E-state index contributed by atoms with van der Waals surface area (Å²) < 4.78 is 0. The van der Waals surface area contributed by atoms with E-state index in [4.69, 9.17) is 5.73 Å². The van der Waals surface area contributed by atoms with E-state index in [0.29, 0.717) is 17.8 Å². The van der Waals surface area contributed by atoms with Gasteiger partial charge < -0.3 is 16.0 Å². The number of anilines is 2. The molecule has 4 nitrogen and oxygen atoms in total. The van der Waals surface area contributed by atoms with Crippen molar-refractivity contribution >= 4 is 17.3 Å². The Morgan fingerprint density at radius 2 is 2.12 bits per heavy atom. The van der Waals surface area contributed by atoms with Crippen molar-refractivity contribution in [2.45, 2.75) is 13.8 Å². The van der Waals surface area contributed by atoms with E-state index in [9.17, 15) is 4.79 Å². The number of nitrogens with one attached hydrogen (secondary N) is 1. The van der Waals surface area contributed by atoms with Crippen LogP contribution >= 0.6 is 0 Å². The van der Waals surface area contributed by atoms with Crippen LogP contribution < -0.4 is 16.0 Å². The van der Waals surface area contributed by atoms with Gasteiger partial charge in [0.1, 0.15) is 0 Å². The second-order valence-electron chi connectivity index (χ2n) is 3.65. The summed E-state index contributed by atoms with van der Waals surface area (Å²) in [6.07, 6.45) is 0. The Kier molecular flexibility index (Phi) is 4.17. The number of rotatable bonds is 4. The first-order chi connectivity index (χ1) is 7.60. The Hall–Kier alpha value is -1.71. The fourth-order valence-electron chi connectivity index (χ4n) is 1.45. The van der Waals surface area contributed by atoms with E-state index in [0.717, 1.165) is 12.2 Å². The molecule has 0 aromatic heterocycles. The molecule has 0 atom stereocenters. The van der Waals surface area contributed by atoms with Crippen LogP contribution in [0, 0.1) is 0 Å². The van der Waals surface area contributed by atoms with E-state index in [1.54, 1.807) is 12.1 Å². The highest BCUT2D eigenvalue weighted by molar-refractivity contribution is 5.96. The molecule has 0 aliphatic carbocycles. The number of hydrogen-bond donors (Lipinski definition) is 2. The molecule has 1 rings (SSSR count). The number of hydrogen-bond acceptors (Lipinski definition) is 3. The van der Waals surface area contributed by atoms with Gasteiger partial charge in [0.05, 0.1) is 11.4 Å². The number of amides is 1. The highest BCUT2D eigenvalue weighted by Gasteiger charge is 2.09. The summed E-state index contributed by atoms with van der Waals surface area (Å²) >= 11 is 0. The fourth-order valence-corrected chi connectivity index (χ4v) is 1.45. The van der Waals surface area contributed by atoms with E-state index in [1.807, 2.05) is 31.9 Å². The van der Waals surface area contributed by atoms with Gasteiger partial charge in [-0.25, -0.2) is 0 Å². The van der Waals surface area contributed by atoms with Gasteiger partial charge in [0, 0.05) is 25.7 Å². The molecule has 1 aromatic carbocycles. The zero-order chi connectivity index (χ0) is 12.1. The van der Waals surface area contributed by atoms with Crippen molar-refractivity contribution in [2.24, 2.45) is 0 Å². The molecule has 16 heavy (non-hydrogen) atoms. The van der Waals surface area contributed by atoms with Crippen LogP contribution in [0.1, 0.15) is 24.2 Å². The molecule has 4 heteroatoms. The summed E-state index contributed by atoms with van der Waals surface area (Å²) in [5.41, 5.74) is 8.10. The zero-order valence-electron chi connectivity index (χ0n) is 10.1. The van der Waals surface area contributed by atoms with Crippen molar-refractivity contribution in [1.82, 2.24) is 5.32 Å². The molecule has 0 heterocycles. The average molecular weight is 221 g/mol. The number of nitrogens with two attached hydrogens (primary N) is 1. The third kappa shape index (κ3) is 2.66. The topological polar surface area (TPSA) is 58.4 Å². The van der Waals surface area contributed by atoms with Crippen molar-refractivity contribution < 1.29 is 4.79 Å². The molecular weight excluding hydrogens is 202 g/mol. The molecule has 1 amide bonds. The number of benzene rings is 1. The summed E-state index contributed by atoms with van der Waals surface area (Å²) in [5.74, 6) is -0.0618. The van der Waals surface area contributed by atoms with Crippen LogP contribution in [0.25, 0.3) is 0 Å². The molecular formula is C12H19N3O. The molecule has 1 aromatic rings. The molecule has 0 fully saturated rings. The van der Waals surface area contributed by atoms with E-state index in [-0.39, 0.29) is 5.91 Å². The Balaban J connectivity index is 3.02. The molecule has 0 spiro atoms. The summed E-state index contributed by atoms with van der Waals surface area (Å²) in [7, 11) is 1.95. The maximum atomic E-state index is 11.6. The molecule has 0 saturated heterocycles. The van der Waals surface area contributed by atoms with E-state index in [1.165, 1.54) is 0 Å². The van der Waals surface area contributed by atoms with Crippen molar-refractivity contribution in [3.05, 3.63) is 23.8 Å². The summed E-state index contributed by atoms with van der Waals surface area (Å²) in [4.78, 5) is 13.7. The number of nitrogen functional groups attached to an aromatic ring is 1. The Labute approximate surface area is 96.4 Å². The molecule has 0 saturated carbocycles. The highest BCUT2D eigenvalue weighted by atomic mass is 16.1. The van der Waals surface area contributed by atoms with Gasteiger partial charge in [0.2, 0.25) is 0 Å². The predicted octanol–water partition coefficient (Wildman–Crippen LogP) is 1.47. The summed E-state index contributed by atoms with van der Waals surface area (Å²) in [6, 6.07) is 5.34. The fraction of sp³-hybridized carbons (Fsp3) is 0.417. The lowest BCUT2D eigenvalue weighted by molar-refractivity contribution is 0.0956. The second kappa shape index (κ2) is 5.39. The Bertz CT molecular complexity index is 377. The lowest BCUT2D eigenvalue weighted by atomic mass is 10.1. The summed E-state index contributed by atoms with van der Waals surface area (Å²) in [6.45, 7) is 5.41. The van der Waals surface area contributed by atoms with Gasteiger partial charge in [0.25, 0.3) is 5.91 Å². The van der Waals surface area contributed by atoms with Gasteiger partial charge in [-0.2, -0.15) is 0 Å². The first-order valence-corrected chi connectivity index (χ1v) is 5.49. The van der Waals surface area contributed by atoms with Gasteiger partial charge in [-0.05, 0) is 32.0 Å². The standard InChI is InChI=1S/C12H19N3O/c1-4-14-12(16)9-6-7-10(13)11(8-9)15(3)5-2/h6-8H,4-5,13H2,1-3H3,(H,14,16). The lowest BCUT2D eigenvalue weighted by Gasteiger charge is -2.19. The third-order valence-corrected chi connectivity index (χ3v) is 2.52. The summed E-state index contributed by atoms with van der Waals surface area (Å²) in [5, 5.41) is 2.77. The quantitative estimate of drug-likeness (QED) is 0.757. The maximum Gasteiger partial charge on any atom is 0.251 e. The normalized spacial score (nSPS) is 9.94. The van der Waals surface area contributed by atoms with Crippen molar-refractivity contribution in [1.29, 1.82) is 0 Å². The minimum absolute atomic E-state index is 0.0618. The molecule has 3 N–H and O–H groups in total. The molecule has 0 bridgehead atoms. The average Bonchev–Trinajstić information content (AvgIpc) is 2.29. The van der Waals surface area contributed by atoms with Gasteiger partial charge in [-0.1, -0.05) is 0 Å². The monoisotopic (exact) mass is 221 g/mol. The van der Waals surface area contributed by atoms with Crippen molar-refractivity contribution in [2.75, 3.05) is 30.8 Å². The van der Waals surface area contributed by atoms with Gasteiger partial charge in [-0.15, -0.1) is 0 Å². The van der Waals surface area contributed by atoms with Gasteiger partial charge in [0.15, 0.2) is 0 Å². The number of carbonyl (C=O) groups excluding carboxylic acids is 1. The van der Waals surface area contributed by atoms with Crippen LogP contribution in [0.15, 0.2) is 18.2 Å². The largest absolute Gasteiger partial charge is 0.397 e. The molecule has 0 radical (unpaired) electrons. The van der Waals surface area contributed by atoms with Crippen LogP contribution in [-0.2, 0) is 0 Å². The van der Waals surface area contributed by atoms with Crippen LogP contribution in [0.3, 0.4) is 0 Å². The van der Waals surface area contributed by atoms with Gasteiger partial charge in [-0.3, -0.25) is 4.79 Å². The smallest absolute Gasteiger partial charge is 0.251 e. The van der Waals surface area contributed by atoms with Crippen LogP contribution in [0.4, 0.5) is 11.4 Å². The number of carbonyl (C=O) groups is 1. The van der Waals surface area contributed by atoms with E-state index in [2.05, 4.69) is 5.32 Å². The number of nitrogens with zero attached hydrogens (tertiary/aromatic N) is 1. The molecule has 0 aliphatic heterocycles. The lowest BCUT2D eigenvalue weighted by Crippen LogP contribution is -2.24. The molecule has 0 aliphatic rings. The molecule has 0 unspecified atom stereocenters. The molecule has 88 valence electrons. The zero-order valence-corrected chi connectivity index (χ0v) is 10.1. The van der Waals surface area contributed by atoms with Crippen LogP contribution in [0.5, 0.6) is 0 Å². The highest BCUT2D eigenvalue weighted by Crippen LogP contribution is 2.23. The minimum Gasteiger partial charge on any atom is -0.397 e. The SMILES string of the molecule is CCNC(=O)c1ccc(N)c(N(C)CC)c1. The van der Waals surface area contributed by atoms with Crippen LogP contribution in [0.2, 0.25) is 0 Å². The first-order valence-electron chi connectivity index (χ1n) is 5.49. The Morgan fingerprint density at radius 1 is 1.44 bits per heavy atom. The Morgan fingerprint density at radius 3 is 2.69 bits per heavy atom. The maximum absolute atomic E-state index is 11.6. The second-order valence-corrected chi connectivity index (χ2v) is 3.65. The van der Waals surface area contributed by atoms with Gasteiger partial charge >= 0.3 is 0 Å². The van der Waals surface area contributed by atoms with Crippen LogP contribution in [-0.4, -0.2) is 26.0 Å². The van der Waals surface area contributed by atoms with Crippen molar-refractivity contribution in [3.63, 3.8) is 0 Å². The third-order valence-electron chi connectivity index (χ3n) is 2.52.